The molecule has 1 saturated heterocycles. The second-order valence-corrected chi connectivity index (χ2v) is 5.03. The second kappa shape index (κ2) is 5.67. The van der Waals surface area contributed by atoms with Crippen LogP contribution in [0.5, 0.6) is 0 Å². The van der Waals surface area contributed by atoms with Gasteiger partial charge in [-0.3, -0.25) is 4.79 Å². The van der Waals surface area contributed by atoms with Crippen LogP contribution in [0, 0.1) is 17.7 Å². The monoisotopic (exact) mass is 270 g/mol. The lowest BCUT2D eigenvalue weighted by Gasteiger charge is -2.31. The predicted molar refractivity (Wildman–Crippen MR) is 68.8 cm³/mol. The summed E-state index contributed by atoms with van der Waals surface area (Å²) in [5.41, 5.74) is 0.339. The van der Waals surface area contributed by atoms with E-state index in [2.05, 4.69) is 10.6 Å². The topological polar surface area (TPSA) is 41.1 Å². The average Bonchev–Trinajstić information content (AvgIpc) is 2.25. The van der Waals surface area contributed by atoms with Gasteiger partial charge >= 0.3 is 0 Å². The van der Waals surface area contributed by atoms with Crippen LogP contribution in [0.4, 0.5) is 4.39 Å². The highest BCUT2D eigenvalue weighted by molar-refractivity contribution is 6.31. The molecule has 1 aliphatic heterocycles. The van der Waals surface area contributed by atoms with Crippen molar-refractivity contribution in [3.8, 4) is 0 Å². The number of carbonyl (C=O) groups is 1. The van der Waals surface area contributed by atoms with Crippen LogP contribution in [0.3, 0.4) is 0 Å². The van der Waals surface area contributed by atoms with Gasteiger partial charge in [0.2, 0.25) is 5.91 Å². The molecule has 0 aliphatic carbocycles. The van der Waals surface area contributed by atoms with Crippen LogP contribution >= 0.6 is 11.6 Å². The van der Waals surface area contributed by atoms with Crippen LogP contribution in [-0.4, -0.2) is 19.0 Å². The van der Waals surface area contributed by atoms with E-state index in [0.717, 1.165) is 13.1 Å². The first-order valence-electron chi connectivity index (χ1n) is 6.01. The summed E-state index contributed by atoms with van der Waals surface area (Å²) in [6.07, 6.45) is 0. The molecule has 0 aromatic heterocycles. The molecule has 1 fully saturated rings. The molecule has 2 rings (SSSR count). The molecule has 3 nitrogen and oxygen atoms in total. The lowest BCUT2D eigenvalue weighted by atomic mass is 9.88. The molecule has 1 aromatic rings. The maximum atomic E-state index is 13.5. The highest BCUT2D eigenvalue weighted by Gasteiger charge is 2.28. The Morgan fingerprint density at radius 1 is 1.61 bits per heavy atom. The molecular formula is C13H16ClFN2O. The van der Waals surface area contributed by atoms with Crippen molar-refractivity contribution in [2.24, 2.45) is 11.8 Å². The summed E-state index contributed by atoms with van der Waals surface area (Å²) < 4.78 is 13.5. The third-order valence-corrected chi connectivity index (χ3v) is 3.79. The molecule has 0 spiro atoms. The standard InChI is InChI=1S/C13H16ClFN2O/c1-8(9-5-16-6-9)13(18)17-7-10-11(14)3-2-4-12(10)15/h2-4,8-9,16H,5-7H2,1H3,(H,17,18). The molecule has 5 heteroatoms. The zero-order chi connectivity index (χ0) is 13.1. The zero-order valence-electron chi connectivity index (χ0n) is 10.2. The summed E-state index contributed by atoms with van der Waals surface area (Å²) in [5, 5.41) is 6.21. The number of benzene rings is 1. The molecule has 1 amide bonds. The quantitative estimate of drug-likeness (QED) is 0.878. The number of halogens is 2. The van der Waals surface area contributed by atoms with Crippen LogP contribution in [0.1, 0.15) is 12.5 Å². The number of hydrogen-bond acceptors (Lipinski definition) is 2. The van der Waals surface area contributed by atoms with Crippen molar-refractivity contribution < 1.29 is 9.18 Å². The fraction of sp³-hybridized carbons (Fsp3) is 0.462. The second-order valence-electron chi connectivity index (χ2n) is 4.63. The maximum absolute atomic E-state index is 13.5. The number of amides is 1. The molecule has 98 valence electrons. The van der Waals surface area contributed by atoms with E-state index in [4.69, 9.17) is 11.6 Å². The van der Waals surface area contributed by atoms with Gasteiger partial charge in [0, 0.05) is 23.0 Å². The summed E-state index contributed by atoms with van der Waals surface area (Å²) in [6, 6.07) is 4.50. The third kappa shape index (κ3) is 2.82. The first-order valence-corrected chi connectivity index (χ1v) is 6.38. The molecule has 1 unspecified atom stereocenters. The average molecular weight is 271 g/mol. The lowest BCUT2D eigenvalue weighted by molar-refractivity contribution is -0.126. The Balaban J connectivity index is 1.92. The van der Waals surface area contributed by atoms with Crippen LogP contribution in [0.2, 0.25) is 5.02 Å². The Morgan fingerprint density at radius 2 is 2.33 bits per heavy atom. The fourth-order valence-corrected chi connectivity index (χ4v) is 2.15. The summed E-state index contributed by atoms with van der Waals surface area (Å²) >= 11 is 5.89. The molecule has 1 aromatic carbocycles. The van der Waals surface area contributed by atoms with Crippen molar-refractivity contribution >= 4 is 17.5 Å². The normalized spacial score (nSPS) is 17.1. The van der Waals surface area contributed by atoms with Gasteiger partial charge in [-0.1, -0.05) is 24.6 Å². The van der Waals surface area contributed by atoms with E-state index < -0.39 is 0 Å². The van der Waals surface area contributed by atoms with E-state index in [1.54, 1.807) is 12.1 Å². The van der Waals surface area contributed by atoms with Crippen molar-refractivity contribution in [2.75, 3.05) is 13.1 Å². The highest BCUT2D eigenvalue weighted by Crippen LogP contribution is 2.20. The molecule has 1 aliphatic rings. The SMILES string of the molecule is CC(C(=O)NCc1c(F)cccc1Cl)C1CNC1. The molecule has 1 atom stereocenters. The maximum Gasteiger partial charge on any atom is 0.223 e. The van der Waals surface area contributed by atoms with Crippen molar-refractivity contribution in [3.63, 3.8) is 0 Å². The highest BCUT2D eigenvalue weighted by atomic mass is 35.5. The largest absolute Gasteiger partial charge is 0.352 e. The summed E-state index contributed by atoms with van der Waals surface area (Å²) in [5.74, 6) is -0.125. The van der Waals surface area contributed by atoms with Crippen LogP contribution < -0.4 is 10.6 Å². The van der Waals surface area contributed by atoms with Crippen molar-refractivity contribution in [1.29, 1.82) is 0 Å². The molecule has 1 heterocycles. The van der Waals surface area contributed by atoms with Gasteiger partial charge in [-0.15, -0.1) is 0 Å². The van der Waals surface area contributed by atoms with Crippen molar-refractivity contribution in [2.45, 2.75) is 13.5 Å². The fourth-order valence-electron chi connectivity index (χ4n) is 1.92. The van der Waals surface area contributed by atoms with Gasteiger partial charge in [0.15, 0.2) is 0 Å². The van der Waals surface area contributed by atoms with Gasteiger partial charge in [-0.2, -0.15) is 0 Å². The van der Waals surface area contributed by atoms with E-state index in [1.807, 2.05) is 6.92 Å². The first kappa shape index (κ1) is 13.3. The van der Waals surface area contributed by atoms with Crippen molar-refractivity contribution in [3.05, 3.63) is 34.6 Å². The summed E-state index contributed by atoms with van der Waals surface area (Å²) in [6.45, 7) is 3.77. The predicted octanol–water partition coefficient (Wildman–Crippen LogP) is 1.95. The molecule has 0 bridgehead atoms. The molecule has 2 N–H and O–H groups in total. The van der Waals surface area contributed by atoms with E-state index in [1.165, 1.54) is 6.07 Å². The van der Waals surface area contributed by atoms with Gasteiger partial charge in [-0.05, 0) is 31.1 Å². The van der Waals surface area contributed by atoms with Gasteiger partial charge in [0.1, 0.15) is 5.82 Å². The van der Waals surface area contributed by atoms with E-state index in [0.29, 0.717) is 16.5 Å². The Hall–Kier alpha value is -1.13. The number of rotatable bonds is 4. The molecule has 18 heavy (non-hydrogen) atoms. The van der Waals surface area contributed by atoms with E-state index >= 15 is 0 Å². The van der Waals surface area contributed by atoms with E-state index in [9.17, 15) is 9.18 Å². The zero-order valence-corrected chi connectivity index (χ0v) is 10.9. The number of hydrogen-bond donors (Lipinski definition) is 2. The summed E-state index contributed by atoms with van der Waals surface area (Å²) in [7, 11) is 0. The van der Waals surface area contributed by atoms with Gasteiger partial charge < -0.3 is 10.6 Å². The number of carbonyl (C=O) groups excluding carboxylic acids is 1. The van der Waals surface area contributed by atoms with Crippen molar-refractivity contribution in [1.82, 2.24) is 10.6 Å². The Labute approximate surface area is 111 Å². The molecule has 0 saturated carbocycles. The lowest BCUT2D eigenvalue weighted by Crippen LogP contribution is -2.49. The molecule has 0 radical (unpaired) electrons. The molecular weight excluding hydrogens is 255 g/mol. The summed E-state index contributed by atoms with van der Waals surface area (Å²) in [4.78, 5) is 11.9. The Kier molecular flexibility index (Phi) is 4.19. The van der Waals surface area contributed by atoms with Gasteiger partial charge in [0.25, 0.3) is 0 Å². The minimum absolute atomic E-state index is 0.0548. The smallest absolute Gasteiger partial charge is 0.223 e. The minimum atomic E-state index is -0.388. The Bertz CT molecular complexity index is 428. The first-order chi connectivity index (χ1) is 8.59. The van der Waals surface area contributed by atoms with E-state index in [-0.39, 0.29) is 24.2 Å². The van der Waals surface area contributed by atoms with Crippen LogP contribution in [-0.2, 0) is 11.3 Å². The third-order valence-electron chi connectivity index (χ3n) is 3.43. The minimum Gasteiger partial charge on any atom is -0.352 e. The number of nitrogens with one attached hydrogen (secondary N) is 2. The van der Waals surface area contributed by atoms with Gasteiger partial charge in [0.05, 0.1) is 0 Å². The Morgan fingerprint density at radius 3 is 2.89 bits per heavy atom. The van der Waals surface area contributed by atoms with Crippen LogP contribution in [0.15, 0.2) is 18.2 Å². The van der Waals surface area contributed by atoms with Gasteiger partial charge in [-0.25, -0.2) is 4.39 Å². The van der Waals surface area contributed by atoms with Crippen LogP contribution in [0.25, 0.3) is 0 Å².